The maximum absolute atomic E-state index is 11.2. The Morgan fingerprint density at radius 1 is 1.27 bits per heavy atom. The van der Waals surface area contributed by atoms with Gasteiger partial charge in [0.15, 0.2) is 0 Å². The smallest absolute Gasteiger partial charge is 0.334 e. The van der Waals surface area contributed by atoms with E-state index in [9.17, 15) is 19.5 Å². The van der Waals surface area contributed by atoms with Gasteiger partial charge in [-0.1, -0.05) is 0 Å². The van der Waals surface area contributed by atoms with Crippen LogP contribution in [0.1, 0.15) is 13.0 Å². The van der Waals surface area contributed by atoms with Gasteiger partial charge in [0.25, 0.3) is 0 Å². The van der Waals surface area contributed by atoms with Crippen molar-refractivity contribution in [2.75, 3.05) is 6.61 Å². The molecule has 0 saturated carbocycles. The van der Waals surface area contributed by atoms with Crippen LogP contribution >= 0.6 is 0 Å². The lowest BCUT2D eigenvalue weighted by Gasteiger charge is -2.17. The quantitative estimate of drug-likeness (QED) is 0.433. The van der Waals surface area contributed by atoms with E-state index < -0.39 is 35.8 Å². The number of nitrogens with zero attached hydrogens (tertiary/aromatic N) is 1. The third-order valence-corrected chi connectivity index (χ3v) is 1.95. The molecular formula is C7H11N3O5. The number of aromatic nitrogens is 3. The van der Waals surface area contributed by atoms with Crippen LogP contribution < -0.4 is 17.1 Å². The monoisotopic (exact) mass is 217 g/mol. The van der Waals surface area contributed by atoms with E-state index in [0.29, 0.717) is 4.57 Å². The fourth-order valence-electron chi connectivity index (χ4n) is 1.19. The first-order chi connectivity index (χ1) is 6.97. The van der Waals surface area contributed by atoms with Crippen molar-refractivity contribution in [3.05, 3.63) is 31.5 Å². The van der Waals surface area contributed by atoms with E-state index in [1.807, 2.05) is 9.97 Å². The Hall–Kier alpha value is -1.67. The number of H-pyrrole nitrogens is 2. The number of hydrogen-bond donors (Lipinski definition) is 4. The highest BCUT2D eigenvalue weighted by Gasteiger charge is 2.20. The van der Waals surface area contributed by atoms with Crippen LogP contribution in [0.3, 0.4) is 0 Å². The van der Waals surface area contributed by atoms with Crippen molar-refractivity contribution in [2.24, 2.45) is 0 Å². The second-order valence-electron chi connectivity index (χ2n) is 3.05. The van der Waals surface area contributed by atoms with Gasteiger partial charge in [-0.2, -0.15) is 0 Å². The predicted molar refractivity (Wildman–Crippen MR) is 49.7 cm³/mol. The van der Waals surface area contributed by atoms with E-state index in [-0.39, 0.29) is 0 Å². The van der Waals surface area contributed by atoms with Crippen molar-refractivity contribution < 1.29 is 10.2 Å². The van der Waals surface area contributed by atoms with E-state index in [0.717, 1.165) is 0 Å². The summed E-state index contributed by atoms with van der Waals surface area (Å²) in [6.45, 7) is 0.727. The van der Waals surface area contributed by atoms with Crippen molar-refractivity contribution in [2.45, 2.75) is 19.1 Å². The maximum atomic E-state index is 11.2. The van der Waals surface area contributed by atoms with Crippen molar-refractivity contribution >= 4 is 0 Å². The Morgan fingerprint density at radius 3 is 2.07 bits per heavy atom. The molecule has 0 aliphatic carbocycles. The van der Waals surface area contributed by atoms with Crippen LogP contribution in [0.25, 0.3) is 0 Å². The molecule has 4 N–H and O–H groups in total. The second kappa shape index (κ2) is 4.24. The van der Waals surface area contributed by atoms with Gasteiger partial charge >= 0.3 is 17.1 Å². The van der Waals surface area contributed by atoms with Crippen molar-refractivity contribution in [3.8, 4) is 0 Å². The number of aliphatic hydroxyl groups is 2. The van der Waals surface area contributed by atoms with E-state index in [1.165, 1.54) is 6.92 Å². The van der Waals surface area contributed by atoms with E-state index >= 15 is 0 Å². The van der Waals surface area contributed by atoms with Crippen LogP contribution in [-0.4, -0.2) is 37.5 Å². The molecule has 0 fully saturated rings. The third kappa shape index (κ3) is 2.22. The first-order valence-electron chi connectivity index (χ1n) is 4.21. The van der Waals surface area contributed by atoms with Gasteiger partial charge in [0.2, 0.25) is 0 Å². The summed E-state index contributed by atoms with van der Waals surface area (Å²) in [5.41, 5.74) is -2.86. The van der Waals surface area contributed by atoms with Gasteiger partial charge in [-0.25, -0.2) is 19.0 Å². The fourth-order valence-corrected chi connectivity index (χ4v) is 1.19. The van der Waals surface area contributed by atoms with Crippen LogP contribution in [-0.2, 0) is 0 Å². The minimum Gasteiger partial charge on any atom is -0.394 e. The standard InChI is InChI=1S/C7H11N3O5/c1-3(12)4(2-11)10-6(14)8-5(13)9-7(10)15/h3-4,11-12H,2H2,1H3,(H2,8,9,13,14,15). The number of aliphatic hydroxyl groups excluding tert-OH is 2. The molecule has 0 bridgehead atoms. The Morgan fingerprint density at radius 2 is 1.73 bits per heavy atom. The van der Waals surface area contributed by atoms with Crippen molar-refractivity contribution in [1.29, 1.82) is 0 Å². The Labute approximate surface area is 82.8 Å². The summed E-state index contributed by atoms with van der Waals surface area (Å²) in [6.07, 6.45) is -1.10. The first-order valence-corrected chi connectivity index (χ1v) is 4.21. The number of hydrogen-bond acceptors (Lipinski definition) is 5. The topological polar surface area (TPSA) is 128 Å². The highest BCUT2D eigenvalue weighted by molar-refractivity contribution is 4.79. The van der Waals surface area contributed by atoms with Crippen molar-refractivity contribution in [1.82, 2.24) is 14.5 Å². The molecule has 0 aliphatic heterocycles. The molecular weight excluding hydrogens is 206 g/mol. The molecule has 2 atom stereocenters. The van der Waals surface area contributed by atoms with Gasteiger partial charge in [-0.05, 0) is 6.92 Å². The largest absolute Gasteiger partial charge is 0.394 e. The zero-order valence-electron chi connectivity index (χ0n) is 7.93. The minimum absolute atomic E-state index is 0.562. The summed E-state index contributed by atoms with van der Waals surface area (Å²) >= 11 is 0. The molecule has 8 nitrogen and oxygen atoms in total. The van der Waals surface area contributed by atoms with Crippen LogP contribution in [0.2, 0.25) is 0 Å². The van der Waals surface area contributed by atoms with Gasteiger partial charge in [0.05, 0.1) is 18.8 Å². The van der Waals surface area contributed by atoms with Gasteiger partial charge in [0.1, 0.15) is 0 Å². The lowest BCUT2D eigenvalue weighted by molar-refractivity contribution is 0.0811. The molecule has 84 valence electrons. The Balaban J connectivity index is 3.43. The molecule has 0 spiro atoms. The molecule has 1 aromatic heterocycles. The van der Waals surface area contributed by atoms with Crippen LogP contribution in [0, 0.1) is 0 Å². The second-order valence-corrected chi connectivity index (χ2v) is 3.05. The number of rotatable bonds is 3. The molecule has 15 heavy (non-hydrogen) atoms. The normalized spacial score (nSPS) is 14.9. The highest BCUT2D eigenvalue weighted by atomic mass is 16.3. The maximum Gasteiger partial charge on any atom is 0.334 e. The molecule has 2 unspecified atom stereocenters. The highest BCUT2D eigenvalue weighted by Crippen LogP contribution is 2.04. The number of nitrogens with one attached hydrogen (secondary N) is 2. The van der Waals surface area contributed by atoms with E-state index in [2.05, 4.69) is 0 Å². The molecule has 0 radical (unpaired) electrons. The van der Waals surface area contributed by atoms with Gasteiger partial charge in [-0.15, -0.1) is 0 Å². The van der Waals surface area contributed by atoms with Crippen LogP contribution in [0.15, 0.2) is 14.4 Å². The third-order valence-electron chi connectivity index (χ3n) is 1.95. The lowest BCUT2D eigenvalue weighted by atomic mass is 10.2. The molecule has 0 aliphatic rings. The summed E-state index contributed by atoms with van der Waals surface area (Å²) in [7, 11) is 0. The number of aromatic amines is 2. The van der Waals surface area contributed by atoms with Gasteiger partial charge < -0.3 is 10.2 Å². The van der Waals surface area contributed by atoms with Crippen molar-refractivity contribution in [3.63, 3.8) is 0 Å². The summed E-state index contributed by atoms with van der Waals surface area (Å²) in [4.78, 5) is 36.8. The lowest BCUT2D eigenvalue weighted by Crippen LogP contribution is -2.48. The van der Waals surface area contributed by atoms with E-state index in [4.69, 9.17) is 5.11 Å². The molecule has 8 heteroatoms. The predicted octanol–water partition coefficient (Wildman–Crippen LogP) is -2.86. The first kappa shape index (κ1) is 11.4. The molecule has 0 aromatic carbocycles. The summed E-state index contributed by atoms with van der Waals surface area (Å²) in [6, 6.07) is -1.09. The van der Waals surface area contributed by atoms with Gasteiger partial charge in [0, 0.05) is 0 Å². The Kier molecular flexibility index (Phi) is 3.22. The zero-order valence-corrected chi connectivity index (χ0v) is 7.93. The average molecular weight is 217 g/mol. The van der Waals surface area contributed by atoms with Crippen LogP contribution in [0.4, 0.5) is 0 Å². The fraction of sp³-hybridized carbons (Fsp3) is 0.571. The summed E-state index contributed by atoms with van der Waals surface area (Å²) in [5.74, 6) is 0. The SMILES string of the molecule is CC(O)C(CO)n1c(=O)[nH]c(=O)[nH]c1=O. The molecule has 1 aromatic rings. The Bertz CT molecular complexity index is 462. The molecule has 0 amide bonds. The molecule has 1 rings (SSSR count). The zero-order chi connectivity index (χ0) is 11.6. The van der Waals surface area contributed by atoms with Gasteiger partial charge in [-0.3, -0.25) is 9.97 Å². The summed E-state index contributed by atoms with van der Waals surface area (Å²) < 4.78 is 0.562. The average Bonchev–Trinajstić information content (AvgIpc) is 2.09. The minimum atomic E-state index is -1.10. The molecule has 0 saturated heterocycles. The molecule has 1 heterocycles. The van der Waals surface area contributed by atoms with E-state index in [1.54, 1.807) is 0 Å². The van der Waals surface area contributed by atoms with Crippen LogP contribution in [0.5, 0.6) is 0 Å². The summed E-state index contributed by atoms with van der Waals surface area (Å²) in [5, 5.41) is 18.1.